The summed E-state index contributed by atoms with van der Waals surface area (Å²) in [6.45, 7) is 3.60. The highest BCUT2D eigenvalue weighted by Crippen LogP contribution is 2.37. The predicted molar refractivity (Wildman–Crippen MR) is 118 cm³/mol. The molecule has 5 rings (SSSR count). The van der Waals surface area contributed by atoms with Crippen LogP contribution in [0.4, 0.5) is 4.79 Å². The largest absolute Gasteiger partial charge is 0.488 e. The van der Waals surface area contributed by atoms with Crippen LogP contribution < -0.4 is 4.74 Å². The van der Waals surface area contributed by atoms with E-state index in [1.807, 2.05) is 11.1 Å². The van der Waals surface area contributed by atoms with Gasteiger partial charge in [-0.25, -0.2) is 9.10 Å². The topological polar surface area (TPSA) is 54.9 Å². The summed E-state index contributed by atoms with van der Waals surface area (Å²) in [5.41, 5.74) is 3.74. The Morgan fingerprint density at radius 1 is 1.23 bits per heavy atom. The maximum atomic E-state index is 12.3. The second kappa shape index (κ2) is 8.79. The Balaban J connectivity index is 1.16. The van der Waals surface area contributed by atoms with Crippen molar-refractivity contribution >= 4 is 23.6 Å². The second-order valence-electron chi connectivity index (χ2n) is 8.85. The predicted octanol–water partition coefficient (Wildman–Crippen LogP) is 4.15. The van der Waals surface area contributed by atoms with E-state index in [9.17, 15) is 4.79 Å². The van der Waals surface area contributed by atoms with Gasteiger partial charge in [-0.15, -0.1) is 0 Å². The standard InChI is InChI=1S/C23H31N3O3S/c1-30-26-11-7-16(8-12-26)20-13-18-14-21(29-22(18)15-24-20)17-5-9-25(10-6-17)23(27)28-19-3-2-4-19/h7,13,15,17,19,21H,2-6,8-12,14H2,1H3. The van der Waals surface area contributed by atoms with Crippen LogP contribution in [0.15, 0.2) is 18.3 Å². The monoisotopic (exact) mass is 429 g/mol. The fraction of sp³-hybridized carbons (Fsp3) is 0.652. The Labute approximate surface area is 183 Å². The van der Waals surface area contributed by atoms with Gasteiger partial charge in [0, 0.05) is 38.2 Å². The summed E-state index contributed by atoms with van der Waals surface area (Å²) in [7, 11) is 0. The first kappa shape index (κ1) is 20.2. The van der Waals surface area contributed by atoms with E-state index < -0.39 is 0 Å². The minimum atomic E-state index is -0.122. The molecule has 1 saturated heterocycles. The molecule has 4 aliphatic rings. The molecule has 1 aromatic heterocycles. The van der Waals surface area contributed by atoms with Crippen LogP contribution in [-0.4, -0.2) is 64.9 Å². The van der Waals surface area contributed by atoms with Crippen molar-refractivity contribution in [1.82, 2.24) is 14.2 Å². The Hall–Kier alpha value is -1.73. The first-order chi connectivity index (χ1) is 14.7. The molecular weight excluding hydrogens is 398 g/mol. The Kier molecular flexibility index (Phi) is 5.92. The van der Waals surface area contributed by atoms with Crippen LogP contribution in [0.1, 0.15) is 49.8 Å². The van der Waals surface area contributed by atoms with Gasteiger partial charge < -0.3 is 14.4 Å². The summed E-state index contributed by atoms with van der Waals surface area (Å²) < 4.78 is 14.2. The lowest BCUT2D eigenvalue weighted by Gasteiger charge is -2.35. The van der Waals surface area contributed by atoms with E-state index in [-0.39, 0.29) is 18.3 Å². The van der Waals surface area contributed by atoms with Gasteiger partial charge in [-0.2, -0.15) is 0 Å². The zero-order valence-electron chi connectivity index (χ0n) is 17.7. The summed E-state index contributed by atoms with van der Waals surface area (Å²) in [6.07, 6.45) is 13.8. The minimum absolute atomic E-state index is 0.122. The van der Waals surface area contributed by atoms with E-state index in [1.165, 1.54) is 17.6 Å². The number of aromatic nitrogens is 1. The lowest BCUT2D eigenvalue weighted by Crippen LogP contribution is -2.44. The number of carbonyl (C=O) groups excluding carboxylic acids is 1. The first-order valence-electron chi connectivity index (χ1n) is 11.3. The number of hydrogen-bond acceptors (Lipinski definition) is 6. The summed E-state index contributed by atoms with van der Waals surface area (Å²) in [6, 6.07) is 2.24. The average Bonchev–Trinajstić information content (AvgIpc) is 3.19. The van der Waals surface area contributed by atoms with E-state index in [4.69, 9.17) is 14.5 Å². The fourth-order valence-electron chi connectivity index (χ4n) is 4.82. The number of fused-ring (bicyclic) bond motifs is 1. The molecule has 1 saturated carbocycles. The van der Waals surface area contributed by atoms with Crippen molar-refractivity contribution in [3.8, 4) is 5.75 Å². The number of rotatable bonds is 4. The minimum Gasteiger partial charge on any atom is -0.488 e. The molecule has 7 heteroatoms. The molecule has 0 bridgehead atoms. The van der Waals surface area contributed by atoms with Crippen molar-refractivity contribution in [1.29, 1.82) is 0 Å². The molecule has 162 valence electrons. The fourth-order valence-corrected chi connectivity index (χ4v) is 5.32. The van der Waals surface area contributed by atoms with Crippen LogP contribution in [0, 0.1) is 5.92 Å². The van der Waals surface area contributed by atoms with Gasteiger partial charge in [0.2, 0.25) is 0 Å². The zero-order valence-corrected chi connectivity index (χ0v) is 18.5. The number of ether oxygens (including phenoxy) is 2. The molecule has 30 heavy (non-hydrogen) atoms. The van der Waals surface area contributed by atoms with Gasteiger partial charge >= 0.3 is 6.09 Å². The lowest BCUT2D eigenvalue weighted by molar-refractivity contribution is 0.0146. The smallest absolute Gasteiger partial charge is 0.410 e. The van der Waals surface area contributed by atoms with Crippen molar-refractivity contribution in [2.45, 2.75) is 57.2 Å². The third-order valence-electron chi connectivity index (χ3n) is 7.05. The van der Waals surface area contributed by atoms with Crippen LogP contribution in [0.2, 0.25) is 0 Å². The van der Waals surface area contributed by atoms with Gasteiger partial charge in [0.25, 0.3) is 0 Å². The normalized spacial score (nSPS) is 25.3. The van der Waals surface area contributed by atoms with Crippen LogP contribution in [-0.2, 0) is 11.2 Å². The lowest BCUT2D eigenvalue weighted by atomic mass is 9.89. The number of pyridine rings is 1. The van der Waals surface area contributed by atoms with Crippen molar-refractivity contribution in [3.63, 3.8) is 0 Å². The molecule has 1 aromatic rings. The number of likely N-dealkylation sites (tertiary alicyclic amines) is 1. The van der Waals surface area contributed by atoms with Crippen LogP contribution in [0.3, 0.4) is 0 Å². The maximum absolute atomic E-state index is 12.3. The molecule has 3 aliphatic heterocycles. The summed E-state index contributed by atoms with van der Waals surface area (Å²) >= 11 is 1.80. The third-order valence-corrected chi connectivity index (χ3v) is 7.90. The van der Waals surface area contributed by atoms with Crippen LogP contribution in [0.5, 0.6) is 5.75 Å². The zero-order chi connectivity index (χ0) is 20.5. The maximum Gasteiger partial charge on any atom is 0.410 e. The molecule has 1 aliphatic carbocycles. The Bertz CT molecular complexity index is 818. The van der Waals surface area contributed by atoms with E-state index in [0.717, 1.165) is 76.1 Å². The van der Waals surface area contributed by atoms with Gasteiger partial charge in [-0.05, 0) is 62.3 Å². The van der Waals surface area contributed by atoms with E-state index >= 15 is 0 Å². The molecule has 0 spiro atoms. The second-order valence-corrected chi connectivity index (χ2v) is 9.73. The highest BCUT2D eigenvalue weighted by molar-refractivity contribution is 7.96. The number of hydrogen-bond donors (Lipinski definition) is 0. The van der Waals surface area contributed by atoms with E-state index in [0.29, 0.717) is 5.92 Å². The highest BCUT2D eigenvalue weighted by atomic mass is 32.2. The molecule has 1 atom stereocenters. The van der Waals surface area contributed by atoms with Gasteiger partial charge in [0.1, 0.15) is 18.0 Å². The van der Waals surface area contributed by atoms with Crippen molar-refractivity contribution in [2.75, 3.05) is 32.4 Å². The molecule has 4 heterocycles. The molecule has 6 nitrogen and oxygen atoms in total. The van der Waals surface area contributed by atoms with Crippen molar-refractivity contribution in [3.05, 3.63) is 29.6 Å². The van der Waals surface area contributed by atoms with E-state index in [2.05, 4.69) is 22.7 Å². The molecule has 2 fully saturated rings. The van der Waals surface area contributed by atoms with Gasteiger partial charge in [-0.1, -0.05) is 18.0 Å². The number of piperidine rings is 1. The molecular formula is C23H31N3O3S. The van der Waals surface area contributed by atoms with Gasteiger partial charge in [0.05, 0.1) is 11.9 Å². The van der Waals surface area contributed by atoms with Crippen LogP contribution in [0.25, 0.3) is 5.57 Å². The Morgan fingerprint density at radius 2 is 2.07 bits per heavy atom. The molecule has 0 N–H and O–H groups in total. The van der Waals surface area contributed by atoms with E-state index in [1.54, 1.807) is 11.9 Å². The molecule has 0 radical (unpaired) electrons. The van der Waals surface area contributed by atoms with Crippen molar-refractivity contribution < 1.29 is 14.3 Å². The number of amides is 1. The molecule has 1 unspecified atom stereocenters. The SMILES string of the molecule is CSN1CC=C(c2cc3c(cn2)OC(C2CCN(C(=O)OC4CCC4)CC2)C3)CC1. The molecule has 0 aromatic carbocycles. The first-order valence-corrected chi connectivity index (χ1v) is 12.5. The summed E-state index contributed by atoms with van der Waals surface area (Å²) in [5.74, 6) is 1.43. The number of nitrogens with zero attached hydrogens (tertiary/aromatic N) is 3. The third kappa shape index (κ3) is 4.19. The van der Waals surface area contributed by atoms with Gasteiger partial charge in [-0.3, -0.25) is 4.98 Å². The Morgan fingerprint density at radius 3 is 2.73 bits per heavy atom. The van der Waals surface area contributed by atoms with Crippen LogP contribution >= 0.6 is 11.9 Å². The van der Waals surface area contributed by atoms with Crippen molar-refractivity contribution in [2.24, 2.45) is 5.92 Å². The summed E-state index contributed by atoms with van der Waals surface area (Å²) in [5, 5.41) is 0. The average molecular weight is 430 g/mol. The van der Waals surface area contributed by atoms with Gasteiger partial charge in [0.15, 0.2) is 0 Å². The quantitative estimate of drug-likeness (QED) is 0.670. The molecule has 1 amide bonds. The summed E-state index contributed by atoms with van der Waals surface area (Å²) in [4.78, 5) is 18.9. The number of carbonyl (C=O) groups is 1. The highest BCUT2D eigenvalue weighted by Gasteiger charge is 2.35.